The largest absolute Gasteiger partial charge is 0.417 e. The number of H-pyrrole nitrogens is 1. The highest BCUT2D eigenvalue weighted by Gasteiger charge is 2.14. The SMILES string of the molecule is O=c1[nH]c2ccc(C(Br)c3ccccc3I)cc2o1. The first-order chi connectivity index (χ1) is 9.15. The van der Waals surface area contributed by atoms with E-state index in [4.69, 9.17) is 4.42 Å². The van der Waals surface area contributed by atoms with Gasteiger partial charge in [0.15, 0.2) is 5.58 Å². The van der Waals surface area contributed by atoms with Gasteiger partial charge in [0.05, 0.1) is 10.3 Å². The molecule has 0 amide bonds. The van der Waals surface area contributed by atoms with Gasteiger partial charge in [-0.25, -0.2) is 4.79 Å². The fraction of sp³-hybridized carbons (Fsp3) is 0.0714. The van der Waals surface area contributed by atoms with Gasteiger partial charge >= 0.3 is 5.76 Å². The normalized spacial score (nSPS) is 12.7. The van der Waals surface area contributed by atoms with E-state index < -0.39 is 5.76 Å². The second kappa shape index (κ2) is 5.13. The van der Waals surface area contributed by atoms with Crippen LogP contribution in [-0.4, -0.2) is 4.98 Å². The molecule has 5 heteroatoms. The van der Waals surface area contributed by atoms with Crippen LogP contribution in [0.5, 0.6) is 0 Å². The third-order valence-corrected chi connectivity index (χ3v) is 4.92. The number of oxazole rings is 1. The van der Waals surface area contributed by atoms with Crippen molar-refractivity contribution in [2.45, 2.75) is 4.83 Å². The van der Waals surface area contributed by atoms with Crippen LogP contribution >= 0.6 is 38.5 Å². The Morgan fingerprint density at radius 2 is 2.00 bits per heavy atom. The quantitative estimate of drug-likeness (QED) is 0.490. The molecule has 3 rings (SSSR count). The molecule has 2 aromatic carbocycles. The van der Waals surface area contributed by atoms with Gasteiger partial charge in [0.1, 0.15) is 0 Å². The number of aromatic amines is 1. The maximum absolute atomic E-state index is 11.2. The van der Waals surface area contributed by atoms with Gasteiger partial charge in [-0.3, -0.25) is 4.98 Å². The van der Waals surface area contributed by atoms with E-state index in [9.17, 15) is 4.79 Å². The first-order valence-corrected chi connectivity index (χ1v) is 7.66. The summed E-state index contributed by atoms with van der Waals surface area (Å²) in [6, 6.07) is 13.9. The Hall–Kier alpha value is -1.08. The van der Waals surface area contributed by atoms with Gasteiger partial charge in [0, 0.05) is 3.57 Å². The average molecular weight is 430 g/mol. The molecule has 96 valence electrons. The molecule has 1 unspecified atom stereocenters. The third-order valence-electron chi connectivity index (χ3n) is 2.92. The molecule has 1 atom stereocenters. The minimum Gasteiger partial charge on any atom is -0.408 e. The van der Waals surface area contributed by atoms with Crippen LogP contribution in [0.3, 0.4) is 0 Å². The fourth-order valence-corrected chi connectivity index (χ4v) is 3.79. The molecule has 3 nitrogen and oxygen atoms in total. The minimum atomic E-state index is -0.424. The van der Waals surface area contributed by atoms with Crippen LogP contribution in [0.4, 0.5) is 0 Å². The summed E-state index contributed by atoms with van der Waals surface area (Å²) < 4.78 is 6.28. The first kappa shape index (κ1) is 12.9. The van der Waals surface area contributed by atoms with E-state index in [0.717, 1.165) is 11.1 Å². The molecule has 0 saturated carbocycles. The number of hydrogen-bond acceptors (Lipinski definition) is 2. The van der Waals surface area contributed by atoms with Crippen LogP contribution in [0.15, 0.2) is 51.7 Å². The number of nitrogens with one attached hydrogen (secondary N) is 1. The van der Waals surface area contributed by atoms with Gasteiger partial charge in [-0.15, -0.1) is 0 Å². The van der Waals surface area contributed by atoms with E-state index in [0.29, 0.717) is 5.58 Å². The smallest absolute Gasteiger partial charge is 0.408 e. The molecule has 1 N–H and O–H groups in total. The number of benzene rings is 2. The standard InChI is InChI=1S/C14H9BrINO2/c15-13(9-3-1-2-4-10(9)16)8-5-6-11-12(7-8)19-14(18)17-11/h1-7,13H,(H,17,18). The lowest BCUT2D eigenvalue weighted by atomic mass is 10.0. The molecule has 3 aromatic rings. The number of alkyl halides is 1. The molecule has 0 saturated heterocycles. The lowest BCUT2D eigenvalue weighted by Gasteiger charge is -2.12. The Labute approximate surface area is 131 Å². The van der Waals surface area contributed by atoms with Crippen molar-refractivity contribution in [1.29, 1.82) is 0 Å². The molecule has 0 fully saturated rings. The van der Waals surface area contributed by atoms with E-state index in [1.54, 1.807) is 0 Å². The van der Waals surface area contributed by atoms with Crippen LogP contribution in [0.2, 0.25) is 0 Å². The maximum atomic E-state index is 11.2. The monoisotopic (exact) mass is 429 g/mol. The van der Waals surface area contributed by atoms with Crippen molar-refractivity contribution in [3.63, 3.8) is 0 Å². The molecule has 0 aliphatic rings. The van der Waals surface area contributed by atoms with Gasteiger partial charge in [-0.05, 0) is 51.9 Å². The Bertz CT molecular complexity index is 793. The number of aromatic nitrogens is 1. The Balaban J connectivity index is 2.08. The van der Waals surface area contributed by atoms with Crippen molar-refractivity contribution < 1.29 is 4.42 Å². The predicted molar refractivity (Wildman–Crippen MR) is 86.8 cm³/mol. The number of hydrogen-bond donors (Lipinski definition) is 1. The molecule has 0 spiro atoms. The summed E-state index contributed by atoms with van der Waals surface area (Å²) in [5, 5.41) is 0. The van der Waals surface area contributed by atoms with Gasteiger partial charge in [0.25, 0.3) is 0 Å². The second-order valence-corrected chi connectivity index (χ2v) is 6.23. The van der Waals surface area contributed by atoms with E-state index in [-0.39, 0.29) is 4.83 Å². The molecular formula is C14H9BrINO2. The van der Waals surface area contributed by atoms with Crippen molar-refractivity contribution in [3.05, 3.63) is 67.7 Å². The Morgan fingerprint density at radius 1 is 1.21 bits per heavy atom. The Morgan fingerprint density at radius 3 is 2.79 bits per heavy atom. The second-order valence-electron chi connectivity index (χ2n) is 4.15. The molecule has 19 heavy (non-hydrogen) atoms. The number of halogens is 2. The highest BCUT2D eigenvalue weighted by Crippen LogP contribution is 2.34. The van der Waals surface area contributed by atoms with Crippen LogP contribution in [-0.2, 0) is 0 Å². The first-order valence-electron chi connectivity index (χ1n) is 5.66. The molecule has 0 bridgehead atoms. The summed E-state index contributed by atoms with van der Waals surface area (Å²) in [4.78, 5) is 13.9. The summed E-state index contributed by atoms with van der Waals surface area (Å²) in [5.74, 6) is -0.424. The van der Waals surface area contributed by atoms with Crippen molar-refractivity contribution in [2.75, 3.05) is 0 Å². The van der Waals surface area contributed by atoms with E-state index in [2.05, 4.69) is 55.6 Å². The zero-order chi connectivity index (χ0) is 13.4. The zero-order valence-corrected chi connectivity index (χ0v) is 13.4. The van der Waals surface area contributed by atoms with E-state index in [1.165, 1.54) is 9.13 Å². The zero-order valence-electron chi connectivity index (χ0n) is 9.69. The van der Waals surface area contributed by atoms with Crippen LogP contribution in [0, 0.1) is 3.57 Å². The highest BCUT2D eigenvalue weighted by molar-refractivity contribution is 14.1. The minimum absolute atomic E-state index is 0.0743. The van der Waals surface area contributed by atoms with Crippen molar-refractivity contribution >= 4 is 49.6 Å². The van der Waals surface area contributed by atoms with Gasteiger partial charge in [-0.2, -0.15) is 0 Å². The highest BCUT2D eigenvalue weighted by atomic mass is 127. The number of rotatable bonds is 2. The van der Waals surface area contributed by atoms with Crippen LogP contribution in [0.1, 0.15) is 16.0 Å². The number of fused-ring (bicyclic) bond motifs is 1. The van der Waals surface area contributed by atoms with Crippen LogP contribution < -0.4 is 5.76 Å². The molecule has 0 aliphatic heterocycles. The van der Waals surface area contributed by atoms with Crippen molar-refractivity contribution in [1.82, 2.24) is 4.98 Å². The summed E-state index contributed by atoms with van der Waals surface area (Å²) in [7, 11) is 0. The van der Waals surface area contributed by atoms with Crippen molar-refractivity contribution in [2.24, 2.45) is 0 Å². The topological polar surface area (TPSA) is 46.0 Å². The molecular weight excluding hydrogens is 421 g/mol. The maximum Gasteiger partial charge on any atom is 0.417 e. The summed E-state index contributed by atoms with van der Waals surface area (Å²) in [5.41, 5.74) is 3.55. The van der Waals surface area contributed by atoms with Gasteiger partial charge in [0.2, 0.25) is 0 Å². The summed E-state index contributed by atoms with van der Waals surface area (Å²) in [6.45, 7) is 0. The summed E-state index contributed by atoms with van der Waals surface area (Å²) >= 11 is 6.02. The lowest BCUT2D eigenvalue weighted by molar-refractivity contribution is 0.555. The molecule has 1 heterocycles. The fourth-order valence-electron chi connectivity index (χ4n) is 1.98. The molecule has 0 aliphatic carbocycles. The van der Waals surface area contributed by atoms with Crippen LogP contribution in [0.25, 0.3) is 11.1 Å². The molecule has 1 aromatic heterocycles. The lowest BCUT2D eigenvalue weighted by Crippen LogP contribution is -1.95. The summed E-state index contributed by atoms with van der Waals surface area (Å²) in [6.07, 6.45) is 0. The predicted octanol–water partition coefficient (Wildman–Crippen LogP) is 4.21. The van der Waals surface area contributed by atoms with E-state index in [1.807, 2.05) is 30.3 Å². The van der Waals surface area contributed by atoms with Gasteiger partial charge < -0.3 is 4.42 Å². The Kier molecular flexibility index (Phi) is 3.49. The van der Waals surface area contributed by atoms with Gasteiger partial charge in [-0.1, -0.05) is 40.2 Å². The van der Waals surface area contributed by atoms with E-state index >= 15 is 0 Å². The van der Waals surface area contributed by atoms with Crippen molar-refractivity contribution in [3.8, 4) is 0 Å². The third kappa shape index (κ3) is 2.49. The average Bonchev–Trinajstić information content (AvgIpc) is 2.77. The molecule has 0 radical (unpaired) electrons.